The Morgan fingerprint density at radius 1 is 1.55 bits per heavy atom. The fourth-order valence-corrected chi connectivity index (χ4v) is 4.27. The van der Waals surface area contributed by atoms with E-state index in [9.17, 15) is 9.59 Å². The van der Waals surface area contributed by atoms with Gasteiger partial charge in [-0.05, 0) is 12.8 Å². The maximum Gasteiger partial charge on any atom is 0.316 e. The lowest BCUT2D eigenvalue weighted by atomic mass is 9.96. The summed E-state index contributed by atoms with van der Waals surface area (Å²) in [5.41, 5.74) is 5.63. The normalized spacial score (nSPS) is 31.6. The van der Waals surface area contributed by atoms with Gasteiger partial charge in [0.25, 0.3) is 0 Å². The van der Waals surface area contributed by atoms with E-state index in [4.69, 9.17) is 10.8 Å². The molecule has 7 nitrogen and oxygen atoms in total. The summed E-state index contributed by atoms with van der Waals surface area (Å²) in [6, 6.07) is -0.191. The molecule has 20 heavy (non-hydrogen) atoms. The summed E-state index contributed by atoms with van der Waals surface area (Å²) >= 11 is 1.77. The molecule has 0 aliphatic carbocycles. The molecule has 0 aromatic heterocycles. The largest absolute Gasteiger partial charge is 0.395 e. The number of aliphatic hydroxyl groups excluding tert-OH is 1. The van der Waals surface area contributed by atoms with Crippen LogP contribution in [0.15, 0.2) is 0 Å². The second kappa shape index (κ2) is 6.64. The average Bonchev–Trinajstić information content (AvgIpc) is 2.85. The van der Waals surface area contributed by atoms with Gasteiger partial charge in [0, 0.05) is 24.0 Å². The van der Waals surface area contributed by atoms with Crippen LogP contribution in [0.4, 0.5) is 4.79 Å². The Labute approximate surface area is 122 Å². The van der Waals surface area contributed by atoms with Gasteiger partial charge in [-0.2, -0.15) is 11.8 Å². The van der Waals surface area contributed by atoms with Crippen LogP contribution in [0.25, 0.3) is 0 Å². The van der Waals surface area contributed by atoms with Gasteiger partial charge in [-0.25, -0.2) is 4.79 Å². The molecule has 0 spiro atoms. The van der Waals surface area contributed by atoms with Crippen molar-refractivity contribution in [3.05, 3.63) is 0 Å². The predicted molar refractivity (Wildman–Crippen MR) is 77.2 cm³/mol. The maximum absolute atomic E-state index is 11.4. The van der Waals surface area contributed by atoms with E-state index in [1.807, 2.05) is 0 Å². The molecule has 114 valence electrons. The highest BCUT2D eigenvalue weighted by molar-refractivity contribution is 8.00. The number of carbonyl (C=O) groups is 2. The van der Waals surface area contributed by atoms with Gasteiger partial charge < -0.3 is 26.8 Å². The topological polar surface area (TPSA) is 116 Å². The van der Waals surface area contributed by atoms with Crippen molar-refractivity contribution in [3.63, 3.8) is 0 Å². The van der Waals surface area contributed by atoms with Crippen LogP contribution in [0.5, 0.6) is 0 Å². The van der Waals surface area contributed by atoms with E-state index in [0.29, 0.717) is 13.0 Å². The summed E-state index contributed by atoms with van der Waals surface area (Å²) in [6.07, 6.45) is 3.03. The lowest BCUT2D eigenvalue weighted by molar-refractivity contribution is -0.121. The second-order valence-corrected chi connectivity index (χ2v) is 6.46. The minimum atomic E-state index is -0.652. The molecule has 2 rings (SSSR count). The molecule has 2 aliphatic rings. The first-order chi connectivity index (χ1) is 9.56. The molecule has 0 unspecified atom stereocenters. The second-order valence-electron chi connectivity index (χ2n) is 5.23. The van der Waals surface area contributed by atoms with E-state index in [0.717, 1.165) is 25.0 Å². The maximum atomic E-state index is 11.4. The van der Waals surface area contributed by atoms with Gasteiger partial charge in [0.15, 0.2) is 0 Å². The zero-order valence-corrected chi connectivity index (χ0v) is 12.2. The van der Waals surface area contributed by atoms with E-state index in [1.165, 1.54) is 0 Å². The number of amides is 3. The smallest absolute Gasteiger partial charge is 0.316 e. The minimum Gasteiger partial charge on any atom is -0.395 e. The minimum absolute atomic E-state index is 0.00199. The van der Waals surface area contributed by atoms with Crippen LogP contribution < -0.4 is 21.7 Å². The number of hydrogen-bond acceptors (Lipinski definition) is 5. The van der Waals surface area contributed by atoms with Crippen LogP contribution in [0, 0.1) is 0 Å². The Hall–Kier alpha value is -0.990. The summed E-state index contributed by atoms with van der Waals surface area (Å²) in [5.74, 6) is 0.797. The van der Waals surface area contributed by atoms with Gasteiger partial charge in [-0.1, -0.05) is 6.42 Å². The Bertz CT molecular complexity index is 382. The molecule has 0 bridgehead atoms. The molecule has 2 heterocycles. The molecule has 0 saturated carbocycles. The first-order valence-electron chi connectivity index (χ1n) is 6.93. The molecule has 6 N–H and O–H groups in total. The highest BCUT2D eigenvalue weighted by Gasteiger charge is 2.53. The highest BCUT2D eigenvalue weighted by Crippen LogP contribution is 2.38. The lowest BCUT2D eigenvalue weighted by Crippen LogP contribution is -2.61. The zero-order valence-electron chi connectivity index (χ0n) is 11.4. The number of hydrogen-bond donors (Lipinski definition) is 5. The van der Waals surface area contributed by atoms with Crippen molar-refractivity contribution in [3.8, 4) is 0 Å². The van der Waals surface area contributed by atoms with E-state index >= 15 is 0 Å². The molecule has 2 fully saturated rings. The first kappa shape index (κ1) is 15.4. The molecular weight excluding hydrogens is 280 g/mol. The molecule has 0 aromatic carbocycles. The number of unbranched alkanes of at least 4 members (excludes halogenated alkanes) is 1. The highest BCUT2D eigenvalue weighted by atomic mass is 32.2. The molecular formula is C12H22N4O3S. The summed E-state index contributed by atoms with van der Waals surface area (Å²) in [7, 11) is 0. The standard InChI is InChI=1S/C12H22N4O3S/c13-12-8(15-11(19)16-12)7-20-9(12)3-1-2-4-10(18)14-5-6-17/h8-9,17H,1-7,13H2,(H,14,18)(H2,15,16,19)/t8-,9-,12-/m0/s1. The third-order valence-electron chi connectivity index (χ3n) is 3.76. The van der Waals surface area contributed by atoms with Crippen molar-refractivity contribution in [1.29, 1.82) is 0 Å². The van der Waals surface area contributed by atoms with Crippen molar-refractivity contribution < 1.29 is 14.7 Å². The average molecular weight is 302 g/mol. The Morgan fingerprint density at radius 2 is 2.35 bits per heavy atom. The number of thioether (sulfide) groups is 1. The van der Waals surface area contributed by atoms with Gasteiger partial charge in [-0.3, -0.25) is 4.79 Å². The third kappa shape index (κ3) is 3.36. The number of rotatable bonds is 7. The zero-order chi connectivity index (χ0) is 14.6. The number of carbonyl (C=O) groups excluding carboxylic acids is 2. The van der Waals surface area contributed by atoms with Crippen LogP contribution >= 0.6 is 11.8 Å². The fourth-order valence-electron chi connectivity index (χ4n) is 2.65. The van der Waals surface area contributed by atoms with Crippen molar-refractivity contribution in [1.82, 2.24) is 16.0 Å². The number of nitrogens with one attached hydrogen (secondary N) is 3. The van der Waals surface area contributed by atoms with Gasteiger partial charge >= 0.3 is 6.03 Å². The summed E-state index contributed by atoms with van der Waals surface area (Å²) in [6.45, 7) is 0.275. The Morgan fingerprint density at radius 3 is 3.10 bits per heavy atom. The predicted octanol–water partition coefficient (Wildman–Crippen LogP) is -0.893. The number of urea groups is 1. The molecule has 0 aromatic rings. The lowest BCUT2D eigenvalue weighted by Gasteiger charge is -2.29. The van der Waals surface area contributed by atoms with Crippen molar-refractivity contribution in [2.45, 2.75) is 42.6 Å². The Balaban J connectivity index is 1.67. The van der Waals surface area contributed by atoms with Crippen LogP contribution in [0.2, 0.25) is 0 Å². The summed E-state index contributed by atoms with van der Waals surface area (Å²) in [4.78, 5) is 22.7. The molecule has 3 amide bonds. The molecule has 8 heteroatoms. The van der Waals surface area contributed by atoms with Crippen molar-refractivity contribution in [2.24, 2.45) is 5.73 Å². The van der Waals surface area contributed by atoms with E-state index in [2.05, 4.69) is 16.0 Å². The quantitative estimate of drug-likeness (QED) is 0.309. The Kier molecular flexibility index (Phi) is 5.11. The van der Waals surface area contributed by atoms with Gasteiger partial charge in [0.2, 0.25) is 5.91 Å². The van der Waals surface area contributed by atoms with E-state index in [1.54, 1.807) is 11.8 Å². The number of fused-ring (bicyclic) bond motifs is 1. The summed E-state index contributed by atoms with van der Waals surface area (Å²) in [5, 5.41) is 17.1. The number of aliphatic hydroxyl groups is 1. The van der Waals surface area contributed by atoms with Gasteiger partial charge in [0.05, 0.1) is 12.6 Å². The van der Waals surface area contributed by atoms with Crippen molar-refractivity contribution in [2.75, 3.05) is 18.9 Å². The number of nitrogens with two attached hydrogens (primary N) is 1. The molecule has 3 atom stereocenters. The van der Waals surface area contributed by atoms with Gasteiger partial charge in [0.1, 0.15) is 5.66 Å². The van der Waals surface area contributed by atoms with Crippen LogP contribution in [0.1, 0.15) is 25.7 Å². The molecule has 2 saturated heterocycles. The monoisotopic (exact) mass is 302 g/mol. The van der Waals surface area contributed by atoms with Crippen LogP contribution in [-0.2, 0) is 4.79 Å². The van der Waals surface area contributed by atoms with Crippen LogP contribution in [0.3, 0.4) is 0 Å². The fraction of sp³-hybridized carbons (Fsp3) is 0.833. The van der Waals surface area contributed by atoms with E-state index in [-0.39, 0.29) is 29.8 Å². The third-order valence-corrected chi connectivity index (χ3v) is 5.32. The van der Waals surface area contributed by atoms with Crippen molar-refractivity contribution >= 4 is 23.7 Å². The van der Waals surface area contributed by atoms with E-state index < -0.39 is 5.66 Å². The first-order valence-corrected chi connectivity index (χ1v) is 7.98. The summed E-state index contributed by atoms with van der Waals surface area (Å²) < 4.78 is 0. The van der Waals surface area contributed by atoms with Crippen LogP contribution in [-0.4, -0.2) is 52.9 Å². The molecule has 2 aliphatic heterocycles. The SMILES string of the molecule is N[C@]12NC(=O)N[C@H]1CS[C@H]2CCCCC(=O)NCCO. The van der Waals surface area contributed by atoms with Gasteiger partial charge in [-0.15, -0.1) is 0 Å². The molecule has 0 radical (unpaired) electrons.